The molecule has 2 amide bonds. The van der Waals surface area contributed by atoms with E-state index in [1.807, 2.05) is 13.8 Å². The highest BCUT2D eigenvalue weighted by Crippen LogP contribution is 2.28. The van der Waals surface area contributed by atoms with Crippen LogP contribution in [0.1, 0.15) is 58.8 Å². The molecule has 4 N–H and O–H groups in total. The first-order valence-electron chi connectivity index (χ1n) is 7.28. The highest BCUT2D eigenvalue weighted by Gasteiger charge is 2.33. The van der Waals surface area contributed by atoms with E-state index >= 15 is 0 Å². The van der Waals surface area contributed by atoms with Crippen molar-refractivity contribution >= 4 is 24.2 Å². The average molecular weight is 306 g/mol. The minimum Gasteiger partial charge on any atom is -0.354 e. The van der Waals surface area contributed by atoms with Gasteiger partial charge >= 0.3 is 0 Å². The van der Waals surface area contributed by atoms with Crippen molar-refractivity contribution in [2.45, 2.75) is 70.4 Å². The van der Waals surface area contributed by atoms with Gasteiger partial charge in [0.2, 0.25) is 11.8 Å². The SMILES string of the molecule is CC(C)NC(=O)CCCC(=O)NC1(CN)CCCC1.Cl. The van der Waals surface area contributed by atoms with Crippen LogP contribution >= 0.6 is 12.4 Å². The molecule has 0 aromatic carbocycles. The number of nitrogens with two attached hydrogens (primary N) is 1. The molecule has 0 aliphatic heterocycles. The Bertz CT molecular complexity index is 316. The Kier molecular flexibility index (Phi) is 8.81. The predicted octanol–water partition coefficient (Wildman–Crippen LogP) is 1.49. The fraction of sp³-hybridized carbons (Fsp3) is 0.857. The molecule has 118 valence electrons. The maximum atomic E-state index is 11.9. The van der Waals surface area contributed by atoms with Crippen molar-refractivity contribution in [1.29, 1.82) is 0 Å². The van der Waals surface area contributed by atoms with Crippen LogP contribution in [-0.2, 0) is 9.59 Å². The summed E-state index contributed by atoms with van der Waals surface area (Å²) in [6.45, 7) is 4.36. The number of carbonyl (C=O) groups is 2. The van der Waals surface area contributed by atoms with Crippen LogP contribution in [-0.4, -0.2) is 29.9 Å². The van der Waals surface area contributed by atoms with Crippen molar-refractivity contribution in [2.24, 2.45) is 5.73 Å². The van der Waals surface area contributed by atoms with E-state index in [0.717, 1.165) is 25.7 Å². The van der Waals surface area contributed by atoms with Crippen molar-refractivity contribution < 1.29 is 9.59 Å². The van der Waals surface area contributed by atoms with Gasteiger partial charge in [0.15, 0.2) is 0 Å². The van der Waals surface area contributed by atoms with Crippen LogP contribution in [0.25, 0.3) is 0 Å². The van der Waals surface area contributed by atoms with Crippen molar-refractivity contribution in [3.05, 3.63) is 0 Å². The molecule has 0 atom stereocenters. The van der Waals surface area contributed by atoms with E-state index in [4.69, 9.17) is 5.73 Å². The smallest absolute Gasteiger partial charge is 0.220 e. The quantitative estimate of drug-likeness (QED) is 0.666. The lowest BCUT2D eigenvalue weighted by Gasteiger charge is -2.28. The normalized spacial score (nSPS) is 16.6. The molecule has 1 saturated carbocycles. The summed E-state index contributed by atoms with van der Waals surface area (Å²) in [5.74, 6) is 0.0295. The van der Waals surface area contributed by atoms with Crippen LogP contribution in [0.5, 0.6) is 0 Å². The molecule has 6 heteroatoms. The summed E-state index contributed by atoms with van der Waals surface area (Å²) < 4.78 is 0. The molecule has 0 spiro atoms. The number of amides is 2. The lowest BCUT2D eigenvalue weighted by molar-refractivity contribution is -0.123. The van der Waals surface area contributed by atoms with Gasteiger partial charge in [-0.15, -0.1) is 12.4 Å². The number of nitrogens with one attached hydrogen (secondary N) is 2. The molecule has 0 bridgehead atoms. The Morgan fingerprint density at radius 3 is 2.20 bits per heavy atom. The zero-order valence-corrected chi connectivity index (χ0v) is 13.4. The van der Waals surface area contributed by atoms with Crippen LogP contribution in [0.15, 0.2) is 0 Å². The molecule has 0 saturated heterocycles. The van der Waals surface area contributed by atoms with Gasteiger partial charge in [-0.05, 0) is 33.1 Å². The Labute approximate surface area is 127 Å². The van der Waals surface area contributed by atoms with Gasteiger partial charge in [-0.2, -0.15) is 0 Å². The number of halogens is 1. The highest BCUT2D eigenvalue weighted by molar-refractivity contribution is 5.85. The second-order valence-electron chi connectivity index (χ2n) is 5.82. The average Bonchev–Trinajstić information content (AvgIpc) is 2.77. The fourth-order valence-corrected chi connectivity index (χ4v) is 2.59. The van der Waals surface area contributed by atoms with E-state index < -0.39 is 0 Å². The second-order valence-corrected chi connectivity index (χ2v) is 5.82. The van der Waals surface area contributed by atoms with E-state index in [-0.39, 0.29) is 35.8 Å². The Morgan fingerprint density at radius 2 is 1.70 bits per heavy atom. The lowest BCUT2D eigenvalue weighted by Crippen LogP contribution is -2.51. The topological polar surface area (TPSA) is 84.2 Å². The fourth-order valence-electron chi connectivity index (χ4n) is 2.59. The van der Waals surface area contributed by atoms with E-state index in [2.05, 4.69) is 10.6 Å². The summed E-state index contributed by atoms with van der Waals surface area (Å²) in [5, 5.41) is 5.88. The first-order chi connectivity index (χ1) is 8.97. The zero-order valence-electron chi connectivity index (χ0n) is 12.5. The van der Waals surface area contributed by atoms with Gasteiger partial charge in [0, 0.05) is 25.4 Å². The zero-order chi connectivity index (χ0) is 14.3. The second kappa shape index (κ2) is 9.19. The molecule has 0 aromatic heterocycles. The summed E-state index contributed by atoms with van der Waals surface area (Å²) in [7, 11) is 0. The van der Waals surface area contributed by atoms with E-state index in [1.165, 1.54) is 0 Å². The number of hydrogen-bond donors (Lipinski definition) is 3. The highest BCUT2D eigenvalue weighted by atomic mass is 35.5. The third-order valence-electron chi connectivity index (χ3n) is 3.61. The van der Waals surface area contributed by atoms with Crippen LogP contribution in [0, 0.1) is 0 Å². The van der Waals surface area contributed by atoms with E-state index in [9.17, 15) is 9.59 Å². The number of carbonyl (C=O) groups excluding carboxylic acids is 2. The Balaban J connectivity index is 0.00000361. The van der Waals surface area contributed by atoms with Gasteiger partial charge in [0.05, 0.1) is 5.54 Å². The molecule has 1 aliphatic carbocycles. The summed E-state index contributed by atoms with van der Waals surface area (Å²) in [4.78, 5) is 23.3. The van der Waals surface area contributed by atoms with Crippen molar-refractivity contribution in [3.8, 4) is 0 Å². The molecule has 0 heterocycles. The number of hydrogen-bond acceptors (Lipinski definition) is 3. The van der Waals surface area contributed by atoms with Gasteiger partial charge in [0.1, 0.15) is 0 Å². The molecule has 1 fully saturated rings. The minimum atomic E-state index is -0.183. The monoisotopic (exact) mass is 305 g/mol. The minimum absolute atomic E-state index is 0. The van der Waals surface area contributed by atoms with Gasteiger partial charge in [0.25, 0.3) is 0 Å². The van der Waals surface area contributed by atoms with Gasteiger partial charge in [-0.25, -0.2) is 0 Å². The molecular weight excluding hydrogens is 278 g/mol. The molecule has 5 nitrogen and oxygen atoms in total. The summed E-state index contributed by atoms with van der Waals surface area (Å²) in [5.41, 5.74) is 5.59. The Hall–Kier alpha value is -0.810. The van der Waals surface area contributed by atoms with E-state index in [1.54, 1.807) is 0 Å². The predicted molar refractivity (Wildman–Crippen MR) is 82.8 cm³/mol. The van der Waals surface area contributed by atoms with Crippen LogP contribution in [0.2, 0.25) is 0 Å². The summed E-state index contributed by atoms with van der Waals surface area (Å²) in [6, 6.07) is 0.153. The maximum absolute atomic E-state index is 11.9. The summed E-state index contributed by atoms with van der Waals surface area (Å²) in [6.07, 6.45) is 5.61. The van der Waals surface area contributed by atoms with Crippen molar-refractivity contribution in [2.75, 3.05) is 6.54 Å². The van der Waals surface area contributed by atoms with Gasteiger partial charge < -0.3 is 16.4 Å². The van der Waals surface area contributed by atoms with Gasteiger partial charge in [-0.3, -0.25) is 9.59 Å². The third kappa shape index (κ3) is 6.57. The maximum Gasteiger partial charge on any atom is 0.220 e. The molecule has 0 radical (unpaired) electrons. The summed E-state index contributed by atoms with van der Waals surface area (Å²) >= 11 is 0. The lowest BCUT2D eigenvalue weighted by atomic mass is 9.97. The molecule has 20 heavy (non-hydrogen) atoms. The van der Waals surface area contributed by atoms with Crippen molar-refractivity contribution in [1.82, 2.24) is 10.6 Å². The van der Waals surface area contributed by atoms with Crippen LogP contribution in [0.3, 0.4) is 0 Å². The Morgan fingerprint density at radius 1 is 1.15 bits per heavy atom. The van der Waals surface area contributed by atoms with Crippen LogP contribution in [0.4, 0.5) is 0 Å². The molecule has 1 aliphatic rings. The van der Waals surface area contributed by atoms with E-state index in [0.29, 0.717) is 25.8 Å². The molecule has 0 aromatic rings. The largest absolute Gasteiger partial charge is 0.354 e. The molecular formula is C14H28ClN3O2. The van der Waals surface area contributed by atoms with Crippen LogP contribution < -0.4 is 16.4 Å². The number of rotatable bonds is 7. The first kappa shape index (κ1) is 19.2. The molecule has 0 unspecified atom stereocenters. The first-order valence-corrected chi connectivity index (χ1v) is 7.28. The standard InChI is InChI=1S/C14H27N3O2.ClH/c1-11(2)16-12(18)6-5-7-13(19)17-14(10-15)8-3-4-9-14;/h11H,3-10,15H2,1-2H3,(H,16,18)(H,17,19);1H. The van der Waals surface area contributed by atoms with Gasteiger partial charge in [-0.1, -0.05) is 12.8 Å². The molecule has 1 rings (SSSR count). The third-order valence-corrected chi connectivity index (χ3v) is 3.61. The van der Waals surface area contributed by atoms with Crippen molar-refractivity contribution in [3.63, 3.8) is 0 Å².